The molecule has 6 aromatic rings. The third-order valence-electron chi connectivity index (χ3n) is 6.82. The van der Waals surface area contributed by atoms with Crippen LogP contribution in [0.1, 0.15) is 29.3 Å². The fraction of sp³-hybridized carbons (Fsp3) is 0.121. The van der Waals surface area contributed by atoms with Gasteiger partial charge >= 0.3 is 0 Å². The zero-order chi connectivity index (χ0) is 32.0. The Morgan fingerprint density at radius 3 is 2.70 bits per heavy atom. The van der Waals surface area contributed by atoms with E-state index in [2.05, 4.69) is 20.3 Å². The molecule has 1 atom stereocenters. The molecule has 0 radical (unpaired) electrons. The number of nitrogens with one attached hydrogen (secondary N) is 1. The number of pyridine rings is 1. The molecule has 13 heteroatoms. The van der Waals surface area contributed by atoms with Gasteiger partial charge in [0.2, 0.25) is 10.3 Å². The lowest BCUT2D eigenvalue weighted by molar-refractivity contribution is 0.213. The molecular weight excluding hydrogens is 649 g/mol. The van der Waals surface area contributed by atoms with E-state index in [9.17, 15) is 12.8 Å². The molecule has 3 heterocycles. The molecule has 0 aliphatic rings. The number of fused-ring (bicyclic) bond motifs is 1. The molecule has 0 amide bonds. The molecular formula is C33H25ClFN5O4S2. The number of nitrogens with zero attached hydrogens (tertiary/aromatic N) is 4. The third-order valence-corrected chi connectivity index (χ3v) is 8.74. The summed E-state index contributed by atoms with van der Waals surface area (Å²) in [7, 11) is -2.54. The van der Waals surface area contributed by atoms with Crippen LogP contribution >= 0.6 is 22.9 Å². The molecule has 6 rings (SSSR count). The Hall–Kier alpha value is -4.75. The van der Waals surface area contributed by atoms with E-state index in [1.807, 2.05) is 29.6 Å². The van der Waals surface area contributed by atoms with Crippen molar-refractivity contribution in [1.82, 2.24) is 19.9 Å². The van der Waals surface area contributed by atoms with Gasteiger partial charge < -0.3 is 14.8 Å². The summed E-state index contributed by atoms with van der Waals surface area (Å²) in [6.45, 7) is 1.93. The molecule has 0 fully saturated rings. The highest BCUT2D eigenvalue weighted by atomic mass is 35.5. The lowest BCUT2D eigenvalue weighted by Gasteiger charge is -2.12. The minimum absolute atomic E-state index is 0.0514. The van der Waals surface area contributed by atoms with E-state index in [0.29, 0.717) is 44.2 Å². The third kappa shape index (κ3) is 7.54. The van der Waals surface area contributed by atoms with Gasteiger partial charge in [0.1, 0.15) is 41.4 Å². The topological polar surface area (TPSA) is 116 Å². The van der Waals surface area contributed by atoms with Crippen molar-refractivity contribution in [3.05, 3.63) is 124 Å². The molecule has 0 bridgehead atoms. The van der Waals surface area contributed by atoms with E-state index in [0.717, 1.165) is 16.5 Å². The van der Waals surface area contributed by atoms with E-state index in [4.69, 9.17) is 26.1 Å². The second-order valence-corrected chi connectivity index (χ2v) is 12.3. The molecule has 0 aliphatic carbocycles. The molecule has 0 saturated carbocycles. The Labute approximate surface area is 274 Å². The van der Waals surface area contributed by atoms with E-state index in [1.54, 1.807) is 55.6 Å². The zero-order valence-electron chi connectivity index (χ0n) is 24.2. The van der Waals surface area contributed by atoms with Crippen LogP contribution in [0.15, 0.2) is 96.8 Å². The highest BCUT2D eigenvalue weighted by molar-refractivity contribution is 7.72. The van der Waals surface area contributed by atoms with Crippen molar-refractivity contribution >= 4 is 60.7 Å². The highest BCUT2D eigenvalue weighted by Crippen LogP contribution is 2.33. The molecule has 0 aliphatic heterocycles. The van der Waals surface area contributed by atoms with Gasteiger partial charge in [-0.25, -0.2) is 19.3 Å². The van der Waals surface area contributed by atoms with Crippen molar-refractivity contribution in [3.63, 3.8) is 0 Å². The summed E-state index contributed by atoms with van der Waals surface area (Å²) in [6, 6.07) is 22.5. The first-order valence-corrected chi connectivity index (χ1v) is 16.3. The number of hydrogen-bond donors (Lipinski definition) is 1. The minimum Gasteiger partial charge on any atom is -0.487 e. The number of ether oxygens (including phenoxy) is 2. The van der Waals surface area contributed by atoms with Crippen LogP contribution in [0.5, 0.6) is 5.75 Å². The number of rotatable bonds is 10. The van der Waals surface area contributed by atoms with E-state index >= 15 is 0 Å². The number of anilines is 2. The predicted molar refractivity (Wildman–Crippen MR) is 177 cm³/mol. The minimum atomic E-state index is -2.54. The maximum absolute atomic E-state index is 13.5. The van der Waals surface area contributed by atoms with E-state index < -0.39 is 16.4 Å². The van der Waals surface area contributed by atoms with Crippen LogP contribution in [-0.4, -0.2) is 33.4 Å². The van der Waals surface area contributed by atoms with Crippen LogP contribution < -0.4 is 10.1 Å². The highest BCUT2D eigenvalue weighted by Gasteiger charge is 2.18. The number of hydrogen-bond acceptors (Lipinski definition) is 10. The smallest absolute Gasteiger partial charge is 0.241 e. The van der Waals surface area contributed by atoms with Crippen LogP contribution in [-0.2, 0) is 28.1 Å². The van der Waals surface area contributed by atoms with Gasteiger partial charge in [-0.3, -0.25) is 4.98 Å². The summed E-state index contributed by atoms with van der Waals surface area (Å²) in [4.78, 5) is 17.8. The molecule has 0 spiro atoms. The van der Waals surface area contributed by atoms with Crippen molar-refractivity contribution in [2.24, 2.45) is 0 Å². The van der Waals surface area contributed by atoms with Crippen LogP contribution in [0.3, 0.4) is 0 Å². The molecule has 232 valence electrons. The van der Waals surface area contributed by atoms with Gasteiger partial charge in [-0.15, -0.1) is 11.3 Å². The summed E-state index contributed by atoms with van der Waals surface area (Å²) in [5.74, 6) is 0.701. The van der Waals surface area contributed by atoms with Gasteiger partial charge in [0.15, 0.2) is 5.05 Å². The lowest BCUT2D eigenvalue weighted by atomic mass is 10.1. The fourth-order valence-corrected chi connectivity index (χ4v) is 6.12. The molecule has 46 heavy (non-hydrogen) atoms. The molecule has 0 saturated heterocycles. The van der Waals surface area contributed by atoms with Gasteiger partial charge in [0.25, 0.3) is 0 Å². The normalized spacial score (nSPS) is 11.7. The summed E-state index contributed by atoms with van der Waals surface area (Å²) in [6.07, 6.45) is 2.53. The van der Waals surface area contributed by atoms with Crippen molar-refractivity contribution in [3.8, 4) is 17.0 Å². The largest absolute Gasteiger partial charge is 0.487 e. The SMILES string of the molecule is CC(OC(Cc1ccccn1)=S(=O)=O)c1nc(-c2ccc3ncnc(Nc4ccc(OCc5cccc(F)c5)c(Cl)c4)c3c2)cs1. The van der Waals surface area contributed by atoms with Crippen molar-refractivity contribution in [2.75, 3.05) is 5.32 Å². The molecule has 1 N–H and O–H groups in total. The van der Waals surface area contributed by atoms with Gasteiger partial charge in [-0.1, -0.05) is 35.9 Å². The number of benzene rings is 3. The fourth-order valence-electron chi connectivity index (χ4n) is 4.58. The Bertz CT molecular complexity index is 2160. The van der Waals surface area contributed by atoms with Crippen LogP contribution in [0, 0.1) is 5.82 Å². The Morgan fingerprint density at radius 2 is 1.91 bits per heavy atom. The lowest BCUT2D eigenvalue weighted by Crippen LogP contribution is -2.13. The van der Waals surface area contributed by atoms with Gasteiger partial charge in [0.05, 0.1) is 22.7 Å². The second kappa shape index (κ2) is 14.1. The van der Waals surface area contributed by atoms with Crippen molar-refractivity contribution in [1.29, 1.82) is 0 Å². The standard InChI is InChI=1S/C33H25ClFN5O4S2/c1-20(44-31(46(41)42)16-24-7-2-3-12-36-24)33-40-29(18-45-33)22-8-10-28-26(14-22)32(38-19-37-28)39-25-9-11-30(27(34)15-25)43-17-21-5-4-6-23(35)13-21/h2-15,18-20H,16-17H2,1H3,(H,37,38,39). The van der Waals surface area contributed by atoms with E-state index in [-0.39, 0.29) is 23.9 Å². The van der Waals surface area contributed by atoms with Crippen LogP contribution in [0.25, 0.3) is 22.2 Å². The predicted octanol–water partition coefficient (Wildman–Crippen LogP) is 7.59. The maximum atomic E-state index is 13.5. The average Bonchev–Trinajstić information content (AvgIpc) is 3.55. The van der Waals surface area contributed by atoms with Gasteiger partial charge in [-0.2, -0.15) is 8.42 Å². The first-order valence-electron chi connectivity index (χ1n) is 14.0. The Balaban J connectivity index is 1.18. The zero-order valence-corrected chi connectivity index (χ0v) is 26.6. The maximum Gasteiger partial charge on any atom is 0.241 e. The number of aromatic nitrogens is 4. The van der Waals surface area contributed by atoms with Gasteiger partial charge in [-0.05, 0) is 67.1 Å². The van der Waals surface area contributed by atoms with Crippen molar-refractivity contribution in [2.45, 2.75) is 26.1 Å². The number of halogens is 2. The molecule has 1 unspecified atom stereocenters. The Kier molecular flexibility index (Phi) is 9.60. The Morgan fingerprint density at radius 1 is 1.02 bits per heavy atom. The number of thiazole rings is 1. The summed E-state index contributed by atoms with van der Waals surface area (Å²) in [5, 5.41) is 6.86. The first kappa shape index (κ1) is 31.2. The second-order valence-electron chi connectivity index (χ2n) is 10.1. The van der Waals surface area contributed by atoms with Gasteiger partial charge in [0, 0.05) is 33.9 Å². The molecule has 9 nitrogen and oxygen atoms in total. The van der Waals surface area contributed by atoms with Crippen LogP contribution in [0.2, 0.25) is 5.02 Å². The first-order chi connectivity index (χ1) is 22.3. The molecule has 3 aromatic heterocycles. The van der Waals surface area contributed by atoms with Crippen LogP contribution in [0.4, 0.5) is 15.9 Å². The summed E-state index contributed by atoms with van der Waals surface area (Å²) >= 11 is 7.88. The van der Waals surface area contributed by atoms with Crippen molar-refractivity contribution < 1.29 is 22.3 Å². The average molecular weight is 674 g/mol. The quantitative estimate of drug-likeness (QED) is 0.147. The summed E-state index contributed by atoms with van der Waals surface area (Å²) in [5.41, 5.74) is 4.21. The monoisotopic (exact) mass is 673 g/mol. The van der Waals surface area contributed by atoms with E-state index in [1.165, 1.54) is 29.8 Å². The summed E-state index contributed by atoms with van der Waals surface area (Å²) < 4.78 is 48.8. The molecule has 3 aromatic carbocycles.